The van der Waals surface area contributed by atoms with Gasteiger partial charge in [0.05, 0.1) is 5.60 Å². The summed E-state index contributed by atoms with van der Waals surface area (Å²) in [6.07, 6.45) is 11.7. The topological polar surface area (TPSA) is 37.3 Å². The first-order valence-electron chi connectivity index (χ1n) is 12.1. The lowest BCUT2D eigenvalue weighted by Crippen LogP contribution is -2.56. The molecule has 158 valence electrons. The fraction of sp³-hybridized carbons (Fsp3) is 0.741. The van der Waals surface area contributed by atoms with Gasteiger partial charge in [0.1, 0.15) is 5.78 Å². The number of aryl methyl sites for hydroxylation is 1. The van der Waals surface area contributed by atoms with E-state index in [2.05, 4.69) is 44.2 Å². The number of carbonyl (C=O) groups excluding carboxylic acids is 1. The van der Waals surface area contributed by atoms with E-state index in [0.717, 1.165) is 50.4 Å². The van der Waals surface area contributed by atoms with E-state index in [9.17, 15) is 9.90 Å². The number of hydrogen-bond donors (Lipinski definition) is 1. The summed E-state index contributed by atoms with van der Waals surface area (Å²) in [5.41, 5.74) is 1.26. The second kappa shape index (κ2) is 6.94. The Morgan fingerprint density at radius 2 is 1.72 bits per heavy atom. The molecule has 0 bridgehead atoms. The second-order valence-corrected chi connectivity index (χ2v) is 11.4. The molecule has 0 amide bonds. The zero-order valence-corrected chi connectivity index (χ0v) is 18.3. The molecule has 1 N–H and O–H groups in total. The quantitative estimate of drug-likeness (QED) is 0.686. The van der Waals surface area contributed by atoms with E-state index in [1.54, 1.807) is 0 Å². The van der Waals surface area contributed by atoms with Crippen LogP contribution < -0.4 is 0 Å². The first-order chi connectivity index (χ1) is 13.9. The molecule has 4 saturated carbocycles. The van der Waals surface area contributed by atoms with Crippen LogP contribution in [-0.2, 0) is 11.2 Å². The SMILES string of the molecule is C[C@]12CCC(=O)C[C@@H]1CC[C@H]1[C@H]2CC[C@]2(C)[C@@H]1CC[C@@]2(O)CCc1ccccc1. The van der Waals surface area contributed by atoms with Gasteiger partial charge in [-0.25, -0.2) is 0 Å². The zero-order valence-electron chi connectivity index (χ0n) is 18.3. The number of rotatable bonds is 3. The van der Waals surface area contributed by atoms with E-state index in [4.69, 9.17) is 0 Å². The van der Waals surface area contributed by atoms with Crippen LogP contribution >= 0.6 is 0 Å². The standard InChI is InChI=1S/C27H38O2/c1-25-14-11-21(28)18-20(25)8-9-22-23(25)12-15-26(2)24(22)13-17-27(26,29)16-10-19-6-4-3-5-7-19/h3-7,20,22-24,29H,8-18H2,1-2H3/t20-,22-,23+,24+,25-,26+,27-/m0/s1. The van der Waals surface area contributed by atoms with Crippen molar-refractivity contribution in [2.45, 2.75) is 90.1 Å². The Bertz CT molecular complexity index is 772. The van der Waals surface area contributed by atoms with Crippen molar-refractivity contribution in [1.82, 2.24) is 0 Å². The largest absolute Gasteiger partial charge is 0.389 e. The molecular weight excluding hydrogens is 356 g/mol. The normalized spacial score (nSPS) is 46.7. The van der Waals surface area contributed by atoms with Crippen molar-refractivity contribution >= 4 is 5.78 Å². The molecule has 2 nitrogen and oxygen atoms in total. The lowest BCUT2D eigenvalue weighted by molar-refractivity contribution is -0.158. The van der Waals surface area contributed by atoms with Crippen molar-refractivity contribution in [2.75, 3.05) is 0 Å². The highest BCUT2D eigenvalue weighted by atomic mass is 16.3. The number of fused-ring (bicyclic) bond motifs is 5. The fourth-order valence-electron chi connectivity index (χ4n) is 8.56. The lowest BCUT2D eigenvalue weighted by Gasteiger charge is -2.61. The first-order valence-corrected chi connectivity index (χ1v) is 12.1. The fourth-order valence-corrected chi connectivity index (χ4v) is 8.56. The molecule has 1 aromatic carbocycles. The predicted molar refractivity (Wildman–Crippen MR) is 116 cm³/mol. The Labute approximate surface area is 176 Å². The van der Waals surface area contributed by atoms with Gasteiger partial charge in [-0.15, -0.1) is 0 Å². The Morgan fingerprint density at radius 3 is 2.52 bits per heavy atom. The highest BCUT2D eigenvalue weighted by Crippen LogP contribution is 2.68. The van der Waals surface area contributed by atoms with Gasteiger partial charge in [-0.2, -0.15) is 0 Å². The highest BCUT2D eigenvalue weighted by Gasteiger charge is 2.64. The average Bonchev–Trinajstić information content (AvgIpc) is 2.99. The molecule has 0 heterocycles. The second-order valence-electron chi connectivity index (χ2n) is 11.4. The Kier molecular flexibility index (Phi) is 4.74. The molecule has 2 heteroatoms. The van der Waals surface area contributed by atoms with E-state index in [1.807, 2.05) is 0 Å². The third kappa shape index (κ3) is 2.96. The van der Waals surface area contributed by atoms with E-state index in [0.29, 0.717) is 23.0 Å². The van der Waals surface area contributed by atoms with Crippen molar-refractivity contribution in [3.8, 4) is 0 Å². The monoisotopic (exact) mass is 394 g/mol. The third-order valence-corrected chi connectivity index (χ3v) is 10.5. The van der Waals surface area contributed by atoms with E-state index < -0.39 is 5.60 Å². The zero-order chi connectivity index (χ0) is 20.3. The van der Waals surface area contributed by atoms with Crippen LogP contribution in [0.3, 0.4) is 0 Å². The summed E-state index contributed by atoms with van der Waals surface area (Å²) in [6.45, 7) is 4.94. The summed E-state index contributed by atoms with van der Waals surface area (Å²) in [7, 11) is 0. The predicted octanol–water partition coefficient (Wildman–Crippen LogP) is 5.96. The van der Waals surface area contributed by atoms with Crippen molar-refractivity contribution in [3.63, 3.8) is 0 Å². The Hall–Kier alpha value is -1.15. The minimum atomic E-state index is -0.515. The summed E-state index contributed by atoms with van der Waals surface area (Å²) >= 11 is 0. The van der Waals surface area contributed by atoms with Gasteiger partial charge < -0.3 is 5.11 Å². The molecule has 29 heavy (non-hydrogen) atoms. The van der Waals surface area contributed by atoms with E-state index >= 15 is 0 Å². The summed E-state index contributed by atoms with van der Waals surface area (Å²) in [4.78, 5) is 12.1. The molecule has 0 aliphatic heterocycles. The maximum atomic E-state index is 12.1. The molecule has 0 aromatic heterocycles. The molecule has 0 radical (unpaired) electrons. The summed E-state index contributed by atoms with van der Waals surface area (Å²) < 4.78 is 0. The van der Waals surface area contributed by atoms with Crippen molar-refractivity contribution in [2.24, 2.45) is 34.5 Å². The van der Waals surface area contributed by atoms with Crippen LogP contribution in [0.5, 0.6) is 0 Å². The van der Waals surface area contributed by atoms with Crippen molar-refractivity contribution < 1.29 is 9.90 Å². The van der Waals surface area contributed by atoms with Crippen LogP contribution in [0.15, 0.2) is 30.3 Å². The smallest absolute Gasteiger partial charge is 0.133 e. The van der Waals surface area contributed by atoms with Crippen LogP contribution in [0.25, 0.3) is 0 Å². The van der Waals surface area contributed by atoms with Crippen LogP contribution in [0.1, 0.15) is 83.6 Å². The number of hydrogen-bond acceptors (Lipinski definition) is 2. The van der Waals surface area contributed by atoms with Gasteiger partial charge >= 0.3 is 0 Å². The van der Waals surface area contributed by atoms with Crippen LogP contribution in [-0.4, -0.2) is 16.5 Å². The first kappa shape index (κ1) is 19.8. The maximum Gasteiger partial charge on any atom is 0.133 e. The summed E-state index contributed by atoms with van der Waals surface area (Å²) in [5, 5.41) is 11.9. The van der Waals surface area contributed by atoms with Gasteiger partial charge in [-0.05, 0) is 97.9 Å². The molecule has 0 unspecified atom stereocenters. The van der Waals surface area contributed by atoms with E-state index in [-0.39, 0.29) is 5.41 Å². The Balaban J connectivity index is 1.36. The number of ketones is 1. The molecular formula is C27H38O2. The molecule has 7 atom stereocenters. The minimum Gasteiger partial charge on any atom is -0.389 e. The lowest BCUT2D eigenvalue weighted by atomic mass is 9.44. The number of aliphatic hydroxyl groups is 1. The molecule has 1 aromatic rings. The molecule has 0 saturated heterocycles. The molecule has 0 spiro atoms. The van der Waals surface area contributed by atoms with E-state index in [1.165, 1.54) is 37.7 Å². The molecule has 4 aliphatic carbocycles. The molecule has 5 rings (SSSR count). The third-order valence-electron chi connectivity index (χ3n) is 10.5. The summed E-state index contributed by atoms with van der Waals surface area (Å²) in [6, 6.07) is 10.7. The van der Waals surface area contributed by atoms with Gasteiger partial charge in [-0.3, -0.25) is 4.79 Å². The van der Waals surface area contributed by atoms with Crippen LogP contribution in [0, 0.1) is 34.5 Å². The number of Topliss-reactive ketones (excluding diaryl/α,β-unsaturated/α-hetero) is 1. The maximum absolute atomic E-state index is 12.1. The average molecular weight is 395 g/mol. The van der Waals surface area contributed by atoms with Gasteiger partial charge in [-0.1, -0.05) is 44.2 Å². The van der Waals surface area contributed by atoms with Crippen molar-refractivity contribution in [3.05, 3.63) is 35.9 Å². The van der Waals surface area contributed by atoms with Gasteiger partial charge in [0, 0.05) is 12.8 Å². The van der Waals surface area contributed by atoms with Crippen LogP contribution in [0.4, 0.5) is 0 Å². The minimum absolute atomic E-state index is 0.0661. The molecule has 4 fully saturated rings. The van der Waals surface area contributed by atoms with Crippen molar-refractivity contribution in [1.29, 1.82) is 0 Å². The van der Waals surface area contributed by atoms with Crippen LogP contribution in [0.2, 0.25) is 0 Å². The van der Waals surface area contributed by atoms with Gasteiger partial charge in [0.25, 0.3) is 0 Å². The van der Waals surface area contributed by atoms with Gasteiger partial charge in [0.15, 0.2) is 0 Å². The number of benzene rings is 1. The summed E-state index contributed by atoms with van der Waals surface area (Å²) in [5.74, 6) is 3.31. The Morgan fingerprint density at radius 1 is 0.966 bits per heavy atom. The highest BCUT2D eigenvalue weighted by molar-refractivity contribution is 5.79. The number of carbonyl (C=O) groups is 1. The molecule has 4 aliphatic rings. The van der Waals surface area contributed by atoms with Gasteiger partial charge in [0.2, 0.25) is 0 Å².